The quantitative estimate of drug-likeness (QED) is 0.737. The smallest absolute Gasteiger partial charge is 0.238 e. The summed E-state index contributed by atoms with van der Waals surface area (Å²) < 4.78 is 10.2. The fourth-order valence-electron chi connectivity index (χ4n) is 1.66. The van der Waals surface area contributed by atoms with Gasteiger partial charge in [0.15, 0.2) is 0 Å². The zero-order valence-corrected chi connectivity index (χ0v) is 11.8. The number of nitrogens with one attached hydrogen (secondary N) is 1. The number of methoxy groups -OCH3 is 2. The van der Waals surface area contributed by atoms with E-state index in [4.69, 9.17) is 15.2 Å². The van der Waals surface area contributed by atoms with Crippen molar-refractivity contribution < 1.29 is 19.1 Å². The fraction of sp³-hybridized carbons (Fsp3) is 0.385. The molecule has 1 aromatic rings. The van der Waals surface area contributed by atoms with Crippen molar-refractivity contribution in [2.24, 2.45) is 5.73 Å². The van der Waals surface area contributed by atoms with Crippen molar-refractivity contribution in [2.45, 2.75) is 0 Å². The van der Waals surface area contributed by atoms with Crippen molar-refractivity contribution in [1.82, 2.24) is 4.90 Å². The third kappa shape index (κ3) is 4.77. The van der Waals surface area contributed by atoms with Gasteiger partial charge in [0.2, 0.25) is 11.8 Å². The highest BCUT2D eigenvalue weighted by Gasteiger charge is 2.12. The van der Waals surface area contributed by atoms with E-state index in [1.54, 1.807) is 32.4 Å². The Morgan fingerprint density at radius 1 is 1.25 bits per heavy atom. The molecule has 0 aliphatic rings. The minimum atomic E-state index is -0.484. The molecule has 3 N–H and O–H groups in total. The largest absolute Gasteiger partial charge is 0.497 e. The van der Waals surface area contributed by atoms with Crippen LogP contribution < -0.4 is 20.5 Å². The van der Waals surface area contributed by atoms with E-state index < -0.39 is 5.91 Å². The van der Waals surface area contributed by atoms with Crippen LogP contribution in [0.3, 0.4) is 0 Å². The first-order chi connectivity index (χ1) is 9.46. The number of hydrogen-bond donors (Lipinski definition) is 2. The van der Waals surface area contributed by atoms with Crippen LogP contribution in [0.5, 0.6) is 11.5 Å². The molecule has 0 bridgehead atoms. The number of amides is 2. The summed E-state index contributed by atoms with van der Waals surface area (Å²) in [7, 11) is 4.69. The first-order valence-electron chi connectivity index (χ1n) is 5.95. The van der Waals surface area contributed by atoms with E-state index in [1.165, 1.54) is 12.0 Å². The van der Waals surface area contributed by atoms with Crippen molar-refractivity contribution >= 4 is 17.5 Å². The molecule has 20 heavy (non-hydrogen) atoms. The second kappa shape index (κ2) is 7.34. The molecule has 1 aromatic carbocycles. The van der Waals surface area contributed by atoms with E-state index in [1.807, 2.05) is 0 Å². The maximum absolute atomic E-state index is 11.8. The van der Waals surface area contributed by atoms with Gasteiger partial charge >= 0.3 is 0 Å². The molecule has 1 rings (SSSR count). The first-order valence-corrected chi connectivity index (χ1v) is 5.95. The number of rotatable bonds is 7. The van der Waals surface area contributed by atoms with Crippen LogP contribution in [-0.4, -0.2) is 51.1 Å². The summed E-state index contributed by atoms with van der Waals surface area (Å²) in [6.45, 7) is 0.0747. The molecule has 7 heteroatoms. The summed E-state index contributed by atoms with van der Waals surface area (Å²) in [5.41, 5.74) is 5.59. The molecule has 2 amide bonds. The van der Waals surface area contributed by atoms with Gasteiger partial charge in [-0.3, -0.25) is 14.5 Å². The second-order valence-corrected chi connectivity index (χ2v) is 4.25. The van der Waals surface area contributed by atoms with Crippen molar-refractivity contribution in [3.05, 3.63) is 18.2 Å². The first kappa shape index (κ1) is 15.8. The number of anilines is 1. The maximum Gasteiger partial charge on any atom is 0.238 e. The summed E-state index contributed by atoms with van der Waals surface area (Å²) in [6.07, 6.45) is 0. The van der Waals surface area contributed by atoms with E-state index in [-0.39, 0.29) is 19.0 Å². The Morgan fingerprint density at radius 2 is 1.95 bits per heavy atom. The third-order valence-electron chi connectivity index (χ3n) is 2.52. The summed E-state index contributed by atoms with van der Waals surface area (Å²) in [5, 5.41) is 2.70. The molecule has 0 atom stereocenters. The van der Waals surface area contributed by atoms with Gasteiger partial charge in [0.05, 0.1) is 33.0 Å². The highest BCUT2D eigenvalue weighted by atomic mass is 16.5. The van der Waals surface area contributed by atoms with Crippen LogP contribution in [-0.2, 0) is 9.59 Å². The molecule has 0 aliphatic carbocycles. The van der Waals surface area contributed by atoms with E-state index in [9.17, 15) is 9.59 Å². The maximum atomic E-state index is 11.8. The molecule has 0 radical (unpaired) electrons. The Bertz CT molecular complexity index is 491. The van der Waals surface area contributed by atoms with Gasteiger partial charge in [0.25, 0.3) is 0 Å². The van der Waals surface area contributed by atoms with Gasteiger partial charge in [-0.1, -0.05) is 0 Å². The van der Waals surface area contributed by atoms with Crippen LogP contribution in [0.15, 0.2) is 18.2 Å². The Morgan fingerprint density at radius 3 is 2.50 bits per heavy atom. The molecule has 0 fully saturated rings. The van der Waals surface area contributed by atoms with Crippen molar-refractivity contribution in [3.63, 3.8) is 0 Å². The second-order valence-electron chi connectivity index (χ2n) is 4.25. The Labute approximate surface area is 117 Å². The lowest BCUT2D eigenvalue weighted by Crippen LogP contribution is -2.36. The van der Waals surface area contributed by atoms with Crippen LogP contribution in [0.2, 0.25) is 0 Å². The van der Waals surface area contributed by atoms with Crippen LogP contribution >= 0.6 is 0 Å². The van der Waals surface area contributed by atoms with Crippen molar-refractivity contribution in [3.8, 4) is 11.5 Å². The molecule has 0 saturated heterocycles. The van der Waals surface area contributed by atoms with Crippen LogP contribution in [0.25, 0.3) is 0 Å². The Hall–Kier alpha value is -2.28. The van der Waals surface area contributed by atoms with E-state index in [0.717, 1.165) is 0 Å². The predicted octanol–water partition coefficient (Wildman–Crippen LogP) is 0.0594. The van der Waals surface area contributed by atoms with E-state index in [0.29, 0.717) is 17.2 Å². The molecule has 0 heterocycles. The molecule has 7 nitrogen and oxygen atoms in total. The minimum Gasteiger partial charge on any atom is -0.497 e. The zero-order valence-electron chi connectivity index (χ0n) is 11.8. The lowest BCUT2D eigenvalue weighted by Gasteiger charge is -2.15. The molecule has 110 valence electrons. The third-order valence-corrected chi connectivity index (χ3v) is 2.52. The summed E-state index contributed by atoms with van der Waals surface area (Å²) >= 11 is 0. The Kier molecular flexibility index (Phi) is 5.79. The van der Waals surface area contributed by atoms with Gasteiger partial charge in [0.1, 0.15) is 11.5 Å². The molecule has 0 unspecified atom stereocenters. The number of likely N-dealkylation sites (N-methyl/N-ethyl adjacent to an activating group) is 1. The van der Waals surface area contributed by atoms with Crippen LogP contribution in [0.1, 0.15) is 0 Å². The van der Waals surface area contributed by atoms with Crippen LogP contribution in [0.4, 0.5) is 5.69 Å². The molecule has 0 aromatic heterocycles. The van der Waals surface area contributed by atoms with E-state index >= 15 is 0 Å². The molecule has 0 aliphatic heterocycles. The summed E-state index contributed by atoms with van der Waals surface area (Å²) in [6, 6.07) is 5.07. The molecule has 0 spiro atoms. The normalized spacial score (nSPS) is 10.2. The highest BCUT2D eigenvalue weighted by Crippen LogP contribution is 2.28. The number of nitrogens with two attached hydrogens (primary N) is 1. The number of carbonyl (C=O) groups excluding carboxylic acids is 2. The number of ether oxygens (including phenoxy) is 2. The van der Waals surface area contributed by atoms with Crippen molar-refractivity contribution in [2.75, 3.05) is 39.7 Å². The van der Waals surface area contributed by atoms with Gasteiger partial charge in [-0.2, -0.15) is 0 Å². The molecular formula is C13H19N3O4. The molecular weight excluding hydrogens is 262 g/mol. The summed E-state index contributed by atoms with van der Waals surface area (Å²) in [4.78, 5) is 24.1. The van der Waals surface area contributed by atoms with Gasteiger partial charge < -0.3 is 20.5 Å². The number of primary amides is 1. The zero-order chi connectivity index (χ0) is 15.1. The average Bonchev–Trinajstić information content (AvgIpc) is 2.37. The predicted molar refractivity (Wildman–Crippen MR) is 74.9 cm³/mol. The van der Waals surface area contributed by atoms with Gasteiger partial charge in [0, 0.05) is 6.07 Å². The topological polar surface area (TPSA) is 93.9 Å². The lowest BCUT2D eigenvalue weighted by atomic mass is 10.2. The van der Waals surface area contributed by atoms with Crippen molar-refractivity contribution in [1.29, 1.82) is 0 Å². The van der Waals surface area contributed by atoms with Gasteiger partial charge in [-0.05, 0) is 19.2 Å². The van der Waals surface area contributed by atoms with Gasteiger partial charge in [-0.15, -0.1) is 0 Å². The van der Waals surface area contributed by atoms with Gasteiger partial charge in [-0.25, -0.2) is 0 Å². The minimum absolute atomic E-state index is 0.0210. The number of benzene rings is 1. The fourth-order valence-corrected chi connectivity index (χ4v) is 1.66. The standard InChI is InChI=1S/C13H19N3O4/c1-16(7-12(14)17)8-13(18)15-10-5-4-9(19-2)6-11(10)20-3/h4-6H,7-8H2,1-3H3,(H2,14,17)(H,15,18). The number of carbonyl (C=O) groups is 2. The molecule has 0 saturated carbocycles. The van der Waals surface area contributed by atoms with E-state index in [2.05, 4.69) is 5.32 Å². The lowest BCUT2D eigenvalue weighted by molar-refractivity contribution is -0.120. The Balaban J connectivity index is 2.68. The number of nitrogens with zero attached hydrogens (tertiary/aromatic N) is 1. The number of hydrogen-bond acceptors (Lipinski definition) is 5. The SMILES string of the molecule is COc1ccc(NC(=O)CN(C)CC(N)=O)c(OC)c1. The summed E-state index contributed by atoms with van der Waals surface area (Å²) in [5.74, 6) is 0.375. The highest BCUT2D eigenvalue weighted by molar-refractivity contribution is 5.94. The monoisotopic (exact) mass is 281 g/mol. The average molecular weight is 281 g/mol. The van der Waals surface area contributed by atoms with Crippen LogP contribution in [0, 0.1) is 0 Å².